The molecule has 118 valence electrons. The van der Waals surface area contributed by atoms with Gasteiger partial charge in [0.25, 0.3) is 5.91 Å². The molecule has 1 aromatic heterocycles. The average Bonchev–Trinajstić information content (AvgIpc) is 2.84. The van der Waals surface area contributed by atoms with E-state index in [4.69, 9.17) is 11.6 Å². The second-order valence-corrected chi connectivity index (χ2v) is 7.12. The van der Waals surface area contributed by atoms with Crippen molar-refractivity contribution in [3.05, 3.63) is 56.7 Å². The van der Waals surface area contributed by atoms with Crippen LogP contribution < -0.4 is 10.2 Å². The molecule has 1 aromatic carbocycles. The summed E-state index contributed by atoms with van der Waals surface area (Å²) >= 11 is 7.63. The second-order valence-electron chi connectivity index (χ2n) is 5.68. The van der Waals surface area contributed by atoms with E-state index in [1.807, 2.05) is 38.2 Å². The van der Waals surface area contributed by atoms with E-state index in [1.54, 1.807) is 11.3 Å². The Morgan fingerprint density at radius 1 is 1.32 bits per heavy atom. The Labute approximate surface area is 140 Å². The molecular formula is C17H22ClN2OS+. The zero-order valence-electron chi connectivity index (χ0n) is 13.2. The lowest BCUT2D eigenvalue weighted by atomic mass is 10.1. The van der Waals surface area contributed by atoms with Gasteiger partial charge >= 0.3 is 0 Å². The Kier molecular flexibility index (Phi) is 6.00. The smallest absolute Gasteiger partial charge is 0.275 e. The number of benzene rings is 1. The van der Waals surface area contributed by atoms with Crippen LogP contribution in [0.4, 0.5) is 0 Å². The van der Waals surface area contributed by atoms with Gasteiger partial charge in [-0.05, 0) is 48.6 Å². The van der Waals surface area contributed by atoms with Crippen LogP contribution in [0.15, 0.2) is 35.7 Å². The SMILES string of the molecule is Cc1ccsc1C[NH+](C)CC(=O)N[C@H](C)c1ccc(Cl)cc1. The fraction of sp³-hybridized carbons (Fsp3) is 0.353. The van der Waals surface area contributed by atoms with Gasteiger partial charge in [-0.3, -0.25) is 4.79 Å². The first-order valence-corrected chi connectivity index (χ1v) is 8.60. The lowest BCUT2D eigenvalue weighted by Crippen LogP contribution is -3.08. The van der Waals surface area contributed by atoms with Crippen molar-refractivity contribution in [2.45, 2.75) is 26.4 Å². The number of rotatable bonds is 6. The lowest BCUT2D eigenvalue weighted by Gasteiger charge is -2.17. The Morgan fingerprint density at radius 2 is 2.00 bits per heavy atom. The highest BCUT2D eigenvalue weighted by Crippen LogP contribution is 2.16. The molecule has 0 aliphatic carbocycles. The molecule has 1 heterocycles. The standard InChI is InChI=1S/C17H21ClN2OS/c1-12-8-9-22-16(12)10-20(3)11-17(21)19-13(2)14-4-6-15(18)7-5-14/h4-9,13H,10-11H2,1-3H3,(H,19,21)/p+1/t13-/m1/s1. The van der Waals surface area contributed by atoms with Gasteiger partial charge < -0.3 is 10.2 Å². The Morgan fingerprint density at radius 3 is 2.59 bits per heavy atom. The normalized spacial score (nSPS) is 13.6. The number of carbonyl (C=O) groups excluding carboxylic acids is 1. The van der Waals surface area contributed by atoms with Crippen LogP contribution in [-0.4, -0.2) is 19.5 Å². The number of nitrogens with one attached hydrogen (secondary N) is 2. The maximum absolute atomic E-state index is 12.2. The fourth-order valence-corrected chi connectivity index (χ4v) is 3.47. The van der Waals surface area contributed by atoms with Gasteiger partial charge in [-0.1, -0.05) is 23.7 Å². The number of carbonyl (C=O) groups is 1. The van der Waals surface area contributed by atoms with Crippen molar-refractivity contribution in [2.24, 2.45) is 0 Å². The number of quaternary nitrogens is 1. The van der Waals surface area contributed by atoms with Crippen molar-refractivity contribution in [3.8, 4) is 0 Å². The van der Waals surface area contributed by atoms with Crippen molar-refractivity contribution >= 4 is 28.8 Å². The summed E-state index contributed by atoms with van der Waals surface area (Å²) < 4.78 is 0. The summed E-state index contributed by atoms with van der Waals surface area (Å²) in [6.45, 7) is 5.45. The minimum absolute atomic E-state index is 0.0129. The predicted molar refractivity (Wildman–Crippen MR) is 92.5 cm³/mol. The Bertz CT molecular complexity index is 624. The Hall–Kier alpha value is -1.36. The van der Waals surface area contributed by atoms with Crippen LogP contribution in [0.5, 0.6) is 0 Å². The zero-order valence-corrected chi connectivity index (χ0v) is 14.7. The van der Waals surface area contributed by atoms with Gasteiger partial charge in [0.1, 0.15) is 6.54 Å². The summed E-state index contributed by atoms with van der Waals surface area (Å²) in [6, 6.07) is 9.68. The molecule has 0 fully saturated rings. The number of halogens is 1. The zero-order chi connectivity index (χ0) is 16.1. The minimum atomic E-state index is -0.0129. The molecule has 0 aliphatic heterocycles. The highest BCUT2D eigenvalue weighted by Gasteiger charge is 2.15. The first kappa shape index (κ1) is 17.0. The third-order valence-electron chi connectivity index (χ3n) is 3.64. The number of hydrogen-bond acceptors (Lipinski definition) is 2. The maximum Gasteiger partial charge on any atom is 0.275 e. The number of aryl methyl sites for hydroxylation is 1. The topological polar surface area (TPSA) is 33.5 Å². The van der Waals surface area contributed by atoms with Gasteiger partial charge in [0, 0.05) is 5.02 Å². The van der Waals surface area contributed by atoms with Crippen molar-refractivity contribution < 1.29 is 9.69 Å². The summed E-state index contributed by atoms with van der Waals surface area (Å²) in [5.74, 6) is 0.0640. The van der Waals surface area contributed by atoms with Gasteiger partial charge in [0.05, 0.1) is 18.0 Å². The third-order valence-corrected chi connectivity index (χ3v) is 4.92. The molecule has 0 saturated heterocycles. The van der Waals surface area contributed by atoms with E-state index in [-0.39, 0.29) is 11.9 Å². The maximum atomic E-state index is 12.2. The first-order valence-electron chi connectivity index (χ1n) is 7.35. The molecule has 0 radical (unpaired) electrons. The fourth-order valence-electron chi connectivity index (χ4n) is 2.32. The van der Waals surface area contributed by atoms with Gasteiger partial charge in [0.15, 0.2) is 6.54 Å². The number of hydrogen-bond donors (Lipinski definition) is 2. The first-order chi connectivity index (χ1) is 10.5. The van der Waals surface area contributed by atoms with Gasteiger partial charge in [0.2, 0.25) is 0 Å². The molecule has 1 amide bonds. The summed E-state index contributed by atoms with van der Waals surface area (Å²) in [7, 11) is 2.05. The molecule has 0 spiro atoms. The molecule has 22 heavy (non-hydrogen) atoms. The van der Waals surface area contributed by atoms with E-state index in [1.165, 1.54) is 15.3 Å². The molecule has 2 atom stereocenters. The monoisotopic (exact) mass is 337 g/mol. The van der Waals surface area contributed by atoms with E-state index >= 15 is 0 Å². The van der Waals surface area contributed by atoms with E-state index in [9.17, 15) is 4.79 Å². The molecule has 3 nitrogen and oxygen atoms in total. The van der Waals surface area contributed by atoms with Crippen molar-refractivity contribution in [1.82, 2.24) is 5.32 Å². The molecule has 0 saturated carbocycles. The molecule has 1 unspecified atom stereocenters. The van der Waals surface area contributed by atoms with Crippen LogP contribution in [0.1, 0.15) is 29.0 Å². The summed E-state index contributed by atoms with van der Waals surface area (Å²) in [4.78, 5) is 14.7. The lowest BCUT2D eigenvalue weighted by molar-refractivity contribution is -0.885. The van der Waals surface area contributed by atoms with Gasteiger partial charge in [-0.15, -0.1) is 11.3 Å². The van der Waals surface area contributed by atoms with Gasteiger partial charge in [-0.25, -0.2) is 0 Å². The molecule has 0 aliphatic rings. The van der Waals surface area contributed by atoms with Crippen molar-refractivity contribution in [3.63, 3.8) is 0 Å². The molecule has 2 N–H and O–H groups in total. The molecule has 5 heteroatoms. The summed E-state index contributed by atoms with van der Waals surface area (Å²) in [5, 5.41) is 5.85. The van der Waals surface area contributed by atoms with Crippen LogP contribution in [0.2, 0.25) is 5.02 Å². The molecule has 0 bridgehead atoms. The largest absolute Gasteiger partial charge is 0.345 e. The highest BCUT2D eigenvalue weighted by atomic mass is 35.5. The summed E-state index contributed by atoms with van der Waals surface area (Å²) in [5.41, 5.74) is 2.36. The Balaban J connectivity index is 1.84. The number of amides is 1. The number of likely N-dealkylation sites (N-methyl/N-ethyl adjacent to an activating group) is 1. The van der Waals surface area contributed by atoms with Crippen LogP contribution in [-0.2, 0) is 11.3 Å². The van der Waals surface area contributed by atoms with Crippen LogP contribution in [0, 0.1) is 6.92 Å². The average molecular weight is 338 g/mol. The highest BCUT2D eigenvalue weighted by molar-refractivity contribution is 7.10. The van der Waals surface area contributed by atoms with E-state index < -0.39 is 0 Å². The van der Waals surface area contributed by atoms with Crippen LogP contribution in [0.25, 0.3) is 0 Å². The number of thiophene rings is 1. The minimum Gasteiger partial charge on any atom is -0.345 e. The second kappa shape index (κ2) is 7.77. The van der Waals surface area contributed by atoms with E-state index in [0.717, 1.165) is 12.1 Å². The van der Waals surface area contributed by atoms with Crippen LogP contribution in [0.3, 0.4) is 0 Å². The quantitative estimate of drug-likeness (QED) is 0.834. The van der Waals surface area contributed by atoms with Crippen molar-refractivity contribution in [1.29, 1.82) is 0 Å². The third kappa shape index (κ3) is 4.83. The summed E-state index contributed by atoms with van der Waals surface area (Å²) in [6.07, 6.45) is 0. The van der Waals surface area contributed by atoms with Gasteiger partial charge in [-0.2, -0.15) is 0 Å². The van der Waals surface area contributed by atoms with E-state index in [0.29, 0.717) is 11.6 Å². The molecular weight excluding hydrogens is 316 g/mol. The van der Waals surface area contributed by atoms with Crippen LogP contribution >= 0.6 is 22.9 Å². The molecule has 2 aromatic rings. The van der Waals surface area contributed by atoms with Crippen molar-refractivity contribution in [2.75, 3.05) is 13.6 Å². The van der Waals surface area contributed by atoms with E-state index in [2.05, 4.69) is 23.7 Å². The molecule has 2 rings (SSSR count). The predicted octanol–water partition coefficient (Wildman–Crippen LogP) is 2.60.